The number of para-hydroxylation sites is 1. The van der Waals surface area contributed by atoms with Crippen LogP contribution in [-0.2, 0) is 9.59 Å². The summed E-state index contributed by atoms with van der Waals surface area (Å²) < 4.78 is 5.77. The number of ether oxygens (including phenoxy) is 1. The third kappa shape index (κ3) is 5.59. The Kier molecular flexibility index (Phi) is 6.69. The van der Waals surface area contributed by atoms with Crippen molar-refractivity contribution in [3.05, 3.63) is 54.6 Å². The summed E-state index contributed by atoms with van der Waals surface area (Å²) in [5, 5.41) is 5.95. The van der Waals surface area contributed by atoms with E-state index in [-0.39, 0.29) is 29.7 Å². The molecule has 5 nitrogen and oxygen atoms in total. The van der Waals surface area contributed by atoms with E-state index in [2.05, 4.69) is 10.6 Å². The second-order valence-corrected chi connectivity index (χ2v) is 7.64. The highest BCUT2D eigenvalue weighted by atomic mass is 16.5. The minimum absolute atomic E-state index is 0.0273. The molecule has 2 N–H and O–H groups in total. The lowest BCUT2D eigenvalue weighted by Crippen LogP contribution is -2.38. The van der Waals surface area contributed by atoms with Gasteiger partial charge in [-0.1, -0.05) is 18.2 Å². The Hall–Kier alpha value is -2.82. The quantitative estimate of drug-likeness (QED) is 0.760. The predicted octanol–water partition coefficient (Wildman–Crippen LogP) is 4.75. The summed E-state index contributed by atoms with van der Waals surface area (Å²) in [5.74, 6) is 1.63. The Balaban J connectivity index is 1.48. The van der Waals surface area contributed by atoms with Gasteiger partial charge in [0.2, 0.25) is 11.8 Å². The Morgan fingerprint density at radius 3 is 1.93 bits per heavy atom. The predicted molar refractivity (Wildman–Crippen MR) is 110 cm³/mol. The normalized spacial score (nSPS) is 19.1. The van der Waals surface area contributed by atoms with Gasteiger partial charge < -0.3 is 15.4 Å². The van der Waals surface area contributed by atoms with Crippen LogP contribution in [0, 0.1) is 11.8 Å². The number of nitrogens with one attached hydrogen (secondary N) is 2. The molecule has 28 heavy (non-hydrogen) atoms. The number of rotatable bonds is 6. The number of carbonyl (C=O) groups excluding carboxylic acids is 2. The standard InChI is InChI=1S/C23H28N2O3/c1-16(2)24-22(26)17-8-10-18(11-9-17)23(27)25-19-12-14-21(15-13-19)28-20-6-4-3-5-7-20/h3-7,12-18H,8-11H2,1-2H3,(H,24,26)(H,25,27). The van der Waals surface area contributed by atoms with Crippen LogP contribution < -0.4 is 15.4 Å². The maximum atomic E-state index is 12.6. The van der Waals surface area contributed by atoms with Crippen LogP contribution in [0.1, 0.15) is 39.5 Å². The van der Waals surface area contributed by atoms with Crippen molar-refractivity contribution in [2.24, 2.45) is 11.8 Å². The van der Waals surface area contributed by atoms with Crippen LogP contribution in [0.15, 0.2) is 54.6 Å². The maximum absolute atomic E-state index is 12.6. The van der Waals surface area contributed by atoms with Gasteiger partial charge in [-0.2, -0.15) is 0 Å². The first kappa shape index (κ1) is 19.9. The number of anilines is 1. The van der Waals surface area contributed by atoms with Crippen LogP contribution in [0.2, 0.25) is 0 Å². The minimum Gasteiger partial charge on any atom is -0.457 e. The molecule has 3 rings (SSSR count). The van der Waals surface area contributed by atoms with Crippen molar-refractivity contribution in [2.45, 2.75) is 45.6 Å². The lowest BCUT2D eigenvalue weighted by Gasteiger charge is -2.27. The highest BCUT2D eigenvalue weighted by Gasteiger charge is 2.30. The Morgan fingerprint density at radius 2 is 1.36 bits per heavy atom. The van der Waals surface area contributed by atoms with Crippen molar-refractivity contribution in [1.82, 2.24) is 5.32 Å². The first-order chi connectivity index (χ1) is 13.5. The van der Waals surface area contributed by atoms with Crippen LogP contribution >= 0.6 is 0 Å². The number of amides is 2. The molecule has 0 unspecified atom stereocenters. The summed E-state index contributed by atoms with van der Waals surface area (Å²) in [4.78, 5) is 24.7. The summed E-state index contributed by atoms with van der Waals surface area (Å²) in [7, 11) is 0. The van der Waals surface area contributed by atoms with E-state index >= 15 is 0 Å². The van der Waals surface area contributed by atoms with E-state index in [1.165, 1.54) is 0 Å². The zero-order valence-electron chi connectivity index (χ0n) is 16.5. The van der Waals surface area contributed by atoms with E-state index in [1.54, 1.807) is 0 Å². The van der Waals surface area contributed by atoms with Gasteiger partial charge in [0.25, 0.3) is 0 Å². The Labute approximate surface area is 166 Å². The lowest BCUT2D eigenvalue weighted by molar-refractivity contribution is -0.128. The zero-order valence-corrected chi connectivity index (χ0v) is 16.5. The molecule has 2 aromatic carbocycles. The fraction of sp³-hybridized carbons (Fsp3) is 0.391. The summed E-state index contributed by atoms with van der Waals surface area (Å²) >= 11 is 0. The average molecular weight is 380 g/mol. The molecule has 5 heteroatoms. The Bertz CT molecular complexity index is 779. The first-order valence-electron chi connectivity index (χ1n) is 9.95. The molecule has 0 atom stereocenters. The SMILES string of the molecule is CC(C)NC(=O)C1CCC(C(=O)Nc2ccc(Oc3ccccc3)cc2)CC1. The monoisotopic (exact) mass is 380 g/mol. The summed E-state index contributed by atoms with van der Waals surface area (Å²) in [6.07, 6.45) is 3.02. The van der Waals surface area contributed by atoms with E-state index in [9.17, 15) is 9.59 Å². The third-order valence-electron chi connectivity index (χ3n) is 5.00. The molecule has 1 saturated carbocycles. The molecule has 1 aliphatic carbocycles. The minimum atomic E-state index is -0.0386. The first-order valence-corrected chi connectivity index (χ1v) is 9.95. The van der Waals surface area contributed by atoms with Gasteiger partial charge in [0, 0.05) is 23.6 Å². The number of carbonyl (C=O) groups is 2. The van der Waals surface area contributed by atoms with Crippen molar-refractivity contribution >= 4 is 17.5 Å². The number of hydrogen-bond acceptors (Lipinski definition) is 3. The van der Waals surface area contributed by atoms with Gasteiger partial charge in [0.05, 0.1) is 0 Å². The van der Waals surface area contributed by atoms with E-state index in [0.717, 1.165) is 42.9 Å². The van der Waals surface area contributed by atoms with E-state index in [0.29, 0.717) is 0 Å². The molecule has 1 fully saturated rings. The van der Waals surface area contributed by atoms with Crippen molar-refractivity contribution in [1.29, 1.82) is 0 Å². The van der Waals surface area contributed by atoms with Gasteiger partial charge in [-0.3, -0.25) is 9.59 Å². The van der Waals surface area contributed by atoms with Crippen molar-refractivity contribution in [2.75, 3.05) is 5.32 Å². The van der Waals surface area contributed by atoms with Crippen LogP contribution in [0.25, 0.3) is 0 Å². The van der Waals surface area contributed by atoms with Gasteiger partial charge in [0.15, 0.2) is 0 Å². The summed E-state index contributed by atoms with van der Waals surface area (Å²) in [5.41, 5.74) is 0.755. The van der Waals surface area contributed by atoms with E-state index in [1.807, 2.05) is 68.4 Å². The van der Waals surface area contributed by atoms with Crippen LogP contribution in [0.3, 0.4) is 0 Å². The van der Waals surface area contributed by atoms with E-state index in [4.69, 9.17) is 4.74 Å². The summed E-state index contributed by atoms with van der Waals surface area (Å²) in [6.45, 7) is 3.93. The second kappa shape index (κ2) is 9.40. The maximum Gasteiger partial charge on any atom is 0.227 e. The molecule has 0 saturated heterocycles. The molecule has 2 aromatic rings. The highest BCUT2D eigenvalue weighted by molar-refractivity contribution is 5.92. The van der Waals surface area contributed by atoms with Crippen LogP contribution in [0.5, 0.6) is 11.5 Å². The fourth-order valence-corrected chi connectivity index (χ4v) is 3.50. The van der Waals surface area contributed by atoms with Gasteiger partial charge >= 0.3 is 0 Å². The molecule has 2 amide bonds. The molecular weight excluding hydrogens is 352 g/mol. The molecule has 0 aromatic heterocycles. The molecule has 0 heterocycles. The van der Waals surface area contributed by atoms with Crippen molar-refractivity contribution < 1.29 is 14.3 Å². The Morgan fingerprint density at radius 1 is 0.821 bits per heavy atom. The topological polar surface area (TPSA) is 67.4 Å². The molecule has 0 spiro atoms. The second-order valence-electron chi connectivity index (χ2n) is 7.64. The molecule has 148 valence electrons. The molecular formula is C23H28N2O3. The fourth-order valence-electron chi connectivity index (χ4n) is 3.50. The van der Waals surface area contributed by atoms with Gasteiger partial charge in [-0.25, -0.2) is 0 Å². The molecule has 0 aliphatic heterocycles. The molecule has 1 aliphatic rings. The van der Waals surface area contributed by atoms with Gasteiger partial charge in [-0.15, -0.1) is 0 Å². The van der Waals surface area contributed by atoms with Crippen LogP contribution in [-0.4, -0.2) is 17.9 Å². The smallest absolute Gasteiger partial charge is 0.227 e. The third-order valence-corrected chi connectivity index (χ3v) is 5.00. The van der Waals surface area contributed by atoms with E-state index < -0.39 is 0 Å². The van der Waals surface area contributed by atoms with Crippen LogP contribution in [0.4, 0.5) is 5.69 Å². The van der Waals surface area contributed by atoms with Crippen molar-refractivity contribution in [3.63, 3.8) is 0 Å². The number of hydrogen-bond donors (Lipinski definition) is 2. The van der Waals surface area contributed by atoms with Gasteiger partial charge in [0.1, 0.15) is 11.5 Å². The average Bonchev–Trinajstić information content (AvgIpc) is 2.70. The molecule has 0 bridgehead atoms. The lowest BCUT2D eigenvalue weighted by atomic mass is 9.81. The largest absolute Gasteiger partial charge is 0.457 e. The summed E-state index contributed by atoms with van der Waals surface area (Å²) in [6, 6.07) is 17.1. The zero-order chi connectivity index (χ0) is 19.9. The highest BCUT2D eigenvalue weighted by Crippen LogP contribution is 2.30. The molecule has 0 radical (unpaired) electrons. The number of benzene rings is 2. The van der Waals surface area contributed by atoms with Gasteiger partial charge in [-0.05, 0) is 75.9 Å². The van der Waals surface area contributed by atoms with Crippen molar-refractivity contribution in [3.8, 4) is 11.5 Å².